The zero-order valence-corrected chi connectivity index (χ0v) is 8.58. The van der Waals surface area contributed by atoms with Crippen molar-refractivity contribution in [3.05, 3.63) is 47.1 Å². The summed E-state index contributed by atoms with van der Waals surface area (Å²) in [5, 5.41) is 0.390. The van der Waals surface area contributed by atoms with E-state index in [4.69, 9.17) is 17.3 Å². The Morgan fingerprint density at radius 1 is 1.47 bits per heavy atom. The van der Waals surface area contributed by atoms with Crippen LogP contribution in [0.25, 0.3) is 0 Å². The Labute approximate surface area is 91.3 Å². The van der Waals surface area contributed by atoms with Crippen molar-refractivity contribution in [3.8, 4) is 0 Å². The minimum Gasteiger partial charge on any atom is -0.382 e. The molecule has 0 saturated carbocycles. The highest BCUT2D eigenvalue weighted by Crippen LogP contribution is 2.15. The molecular weight excluding hydrogens is 217 g/mol. The number of hydrogen-bond acceptors (Lipinski definition) is 2. The van der Waals surface area contributed by atoms with E-state index in [0.29, 0.717) is 22.9 Å². The molecule has 0 saturated heterocycles. The van der Waals surface area contributed by atoms with Gasteiger partial charge in [-0.05, 0) is 12.1 Å². The van der Waals surface area contributed by atoms with Crippen molar-refractivity contribution >= 4 is 17.4 Å². The van der Waals surface area contributed by atoms with Crippen LogP contribution in [0.5, 0.6) is 0 Å². The van der Waals surface area contributed by atoms with Crippen LogP contribution in [0.2, 0.25) is 5.02 Å². The van der Waals surface area contributed by atoms with Crippen LogP contribution in [-0.2, 0) is 6.54 Å². The molecule has 1 heterocycles. The number of halogens is 2. The van der Waals surface area contributed by atoms with E-state index in [9.17, 15) is 4.39 Å². The summed E-state index contributed by atoms with van der Waals surface area (Å²) in [7, 11) is 0. The molecule has 0 unspecified atom stereocenters. The fourth-order valence-electron chi connectivity index (χ4n) is 1.31. The van der Waals surface area contributed by atoms with Crippen LogP contribution in [0.3, 0.4) is 0 Å². The molecule has 2 rings (SSSR count). The first-order chi connectivity index (χ1) is 7.15. The molecule has 5 heteroatoms. The lowest BCUT2D eigenvalue weighted by Crippen LogP contribution is -1.99. The van der Waals surface area contributed by atoms with E-state index in [0.717, 1.165) is 0 Å². The molecule has 0 bridgehead atoms. The normalized spacial score (nSPS) is 10.5. The second-order valence-electron chi connectivity index (χ2n) is 3.21. The van der Waals surface area contributed by atoms with Crippen molar-refractivity contribution in [2.24, 2.45) is 0 Å². The molecule has 0 amide bonds. The van der Waals surface area contributed by atoms with Gasteiger partial charge in [0, 0.05) is 16.8 Å². The summed E-state index contributed by atoms with van der Waals surface area (Å²) in [4.78, 5) is 3.85. The minimum atomic E-state index is -0.324. The fourth-order valence-corrected chi connectivity index (χ4v) is 1.47. The van der Waals surface area contributed by atoms with Gasteiger partial charge in [-0.15, -0.1) is 0 Å². The molecule has 0 fully saturated rings. The number of nitrogens with zero attached hydrogens (tertiary/aromatic N) is 2. The van der Waals surface area contributed by atoms with Gasteiger partial charge in [0.1, 0.15) is 11.6 Å². The first-order valence-corrected chi connectivity index (χ1v) is 4.74. The number of hydrogen-bond donors (Lipinski definition) is 1. The first-order valence-electron chi connectivity index (χ1n) is 4.36. The quantitative estimate of drug-likeness (QED) is 0.853. The molecule has 2 aromatic rings. The third-order valence-electron chi connectivity index (χ3n) is 2.02. The molecule has 0 spiro atoms. The van der Waals surface area contributed by atoms with Gasteiger partial charge >= 0.3 is 0 Å². The fraction of sp³-hybridized carbons (Fsp3) is 0.100. The van der Waals surface area contributed by atoms with Crippen molar-refractivity contribution in [3.63, 3.8) is 0 Å². The maximum absolute atomic E-state index is 13.4. The average molecular weight is 226 g/mol. The summed E-state index contributed by atoms with van der Waals surface area (Å²) in [6, 6.07) is 4.59. The Bertz CT molecular complexity index is 481. The van der Waals surface area contributed by atoms with Crippen molar-refractivity contribution in [2.45, 2.75) is 6.54 Å². The minimum absolute atomic E-state index is 0.324. The number of nitrogen functional groups attached to an aromatic ring is 1. The van der Waals surface area contributed by atoms with Crippen molar-refractivity contribution in [1.82, 2.24) is 9.55 Å². The van der Waals surface area contributed by atoms with Crippen molar-refractivity contribution in [2.75, 3.05) is 5.73 Å². The molecule has 0 radical (unpaired) electrons. The molecular formula is C10H9ClFN3. The lowest BCUT2D eigenvalue weighted by molar-refractivity contribution is 0.599. The molecule has 3 nitrogen and oxygen atoms in total. The summed E-state index contributed by atoms with van der Waals surface area (Å²) in [6.45, 7) is 0.396. The van der Waals surface area contributed by atoms with Gasteiger partial charge < -0.3 is 10.3 Å². The molecule has 0 atom stereocenters. The van der Waals surface area contributed by atoms with Gasteiger partial charge in [-0.25, -0.2) is 9.37 Å². The van der Waals surface area contributed by atoms with Crippen molar-refractivity contribution in [1.29, 1.82) is 0 Å². The van der Waals surface area contributed by atoms with E-state index in [1.807, 2.05) is 0 Å². The van der Waals surface area contributed by atoms with Gasteiger partial charge in [-0.1, -0.05) is 17.7 Å². The lowest BCUT2D eigenvalue weighted by atomic mass is 10.2. The lowest BCUT2D eigenvalue weighted by Gasteiger charge is -2.03. The zero-order chi connectivity index (χ0) is 10.8. The van der Waals surface area contributed by atoms with Gasteiger partial charge in [0.15, 0.2) is 0 Å². The standard InChI is InChI=1S/C10H9ClFN3/c11-8-2-1-7(9(12)3-8)4-15-5-10(13)14-6-15/h1-3,5-6H,4,13H2. The molecule has 0 aliphatic heterocycles. The van der Waals surface area contributed by atoms with E-state index in [1.165, 1.54) is 6.07 Å². The maximum Gasteiger partial charge on any atom is 0.141 e. The zero-order valence-electron chi connectivity index (χ0n) is 7.82. The van der Waals surface area contributed by atoms with Gasteiger partial charge in [0.05, 0.1) is 12.9 Å². The van der Waals surface area contributed by atoms with E-state index < -0.39 is 0 Å². The Morgan fingerprint density at radius 3 is 2.87 bits per heavy atom. The highest BCUT2D eigenvalue weighted by Gasteiger charge is 2.03. The number of aromatic nitrogens is 2. The van der Waals surface area contributed by atoms with Crippen LogP contribution >= 0.6 is 11.6 Å². The van der Waals surface area contributed by atoms with Crippen LogP contribution in [0.1, 0.15) is 5.56 Å². The molecule has 0 aliphatic rings. The topological polar surface area (TPSA) is 43.8 Å². The van der Waals surface area contributed by atoms with Crippen LogP contribution < -0.4 is 5.73 Å². The Morgan fingerprint density at radius 2 is 2.27 bits per heavy atom. The van der Waals surface area contributed by atoms with Crippen LogP contribution in [0, 0.1) is 5.82 Å². The second kappa shape index (κ2) is 3.90. The third-order valence-corrected chi connectivity index (χ3v) is 2.26. The number of benzene rings is 1. The van der Waals surface area contributed by atoms with E-state index >= 15 is 0 Å². The Balaban J connectivity index is 2.24. The smallest absolute Gasteiger partial charge is 0.141 e. The molecule has 15 heavy (non-hydrogen) atoms. The van der Waals surface area contributed by atoms with E-state index in [-0.39, 0.29) is 5.82 Å². The maximum atomic E-state index is 13.4. The van der Waals surface area contributed by atoms with Gasteiger partial charge in [-0.2, -0.15) is 0 Å². The van der Waals surface area contributed by atoms with Crippen LogP contribution in [-0.4, -0.2) is 9.55 Å². The third kappa shape index (κ3) is 2.27. The highest BCUT2D eigenvalue weighted by molar-refractivity contribution is 6.30. The number of nitrogens with two attached hydrogens (primary N) is 1. The number of rotatable bonds is 2. The number of imidazole rings is 1. The van der Waals surface area contributed by atoms with Gasteiger partial charge in [-0.3, -0.25) is 0 Å². The average Bonchev–Trinajstić information content (AvgIpc) is 2.56. The molecule has 1 aromatic carbocycles. The van der Waals surface area contributed by atoms with Gasteiger partial charge in [0.2, 0.25) is 0 Å². The molecule has 1 aromatic heterocycles. The van der Waals surface area contributed by atoms with Crippen LogP contribution in [0.15, 0.2) is 30.7 Å². The predicted molar refractivity (Wildman–Crippen MR) is 57.2 cm³/mol. The van der Waals surface area contributed by atoms with E-state index in [2.05, 4.69) is 4.98 Å². The highest BCUT2D eigenvalue weighted by atomic mass is 35.5. The van der Waals surface area contributed by atoms with Crippen LogP contribution in [0.4, 0.5) is 10.2 Å². The summed E-state index contributed by atoms with van der Waals surface area (Å²) in [5.74, 6) is 0.0964. The van der Waals surface area contributed by atoms with E-state index in [1.54, 1.807) is 29.2 Å². The number of anilines is 1. The monoisotopic (exact) mass is 225 g/mol. The molecule has 78 valence electrons. The van der Waals surface area contributed by atoms with Gasteiger partial charge in [0.25, 0.3) is 0 Å². The summed E-state index contributed by atoms with van der Waals surface area (Å²) in [5.41, 5.74) is 6.00. The summed E-state index contributed by atoms with van der Waals surface area (Å²) < 4.78 is 15.1. The molecule has 2 N–H and O–H groups in total. The largest absolute Gasteiger partial charge is 0.382 e. The first kappa shape index (κ1) is 9.98. The molecule has 0 aliphatic carbocycles. The predicted octanol–water partition coefficient (Wildman–Crippen LogP) is 2.31. The Hall–Kier alpha value is -1.55. The second-order valence-corrected chi connectivity index (χ2v) is 3.64. The summed E-state index contributed by atoms with van der Waals surface area (Å²) in [6.07, 6.45) is 3.21. The van der Waals surface area contributed by atoms with Crippen molar-refractivity contribution < 1.29 is 4.39 Å². The summed E-state index contributed by atoms with van der Waals surface area (Å²) >= 11 is 5.64. The Kier molecular flexibility index (Phi) is 2.60. The SMILES string of the molecule is Nc1cn(Cc2ccc(Cl)cc2F)cn1.